The van der Waals surface area contributed by atoms with Crippen LogP contribution >= 0.6 is 24.2 Å². The van der Waals surface area contributed by atoms with Crippen molar-refractivity contribution in [3.8, 4) is 0 Å². The number of carbonyl (C=O) groups excluding carboxylic acids is 3. The average molecular weight is 372 g/mol. The van der Waals surface area contributed by atoms with Crippen LogP contribution in [0.15, 0.2) is 24.3 Å². The Balaban J connectivity index is 0.00000288. The fraction of sp³-hybridized carbons (Fsp3) is 0.438. The van der Waals surface area contributed by atoms with E-state index in [1.165, 1.54) is 4.90 Å². The monoisotopic (exact) mass is 371 g/mol. The summed E-state index contributed by atoms with van der Waals surface area (Å²) in [5.41, 5.74) is 1.30. The van der Waals surface area contributed by atoms with E-state index < -0.39 is 0 Å². The van der Waals surface area contributed by atoms with Crippen LogP contribution in [0.25, 0.3) is 0 Å². The van der Waals surface area contributed by atoms with Gasteiger partial charge < -0.3 is 10.6 Å². The number of carbonyl (C=O) groups is 3. The smallest absolute Gasteiger partial charge is 0.289 e. The SMILES string of the molecule is CCCNCCNC(=O)c1cccc(CN2C(=O)CSC2=O)c1.Cl. The molecule has 2 rings (SSSR count). The van der Waals surface area contributed by atoms with Crippen LogP contribution in [0.2, 0.25) is 0 Å². The summed E-state index contributed by atoms with van der Waals surface area (Å²) in [5, 5.41) is 5.83. The topological polar surface area (TPSA) is 78.5 Å². The van der Waals surface area contributed by atoms with Gasteiger partial charge in [0, 0.05) is 18.7 Å². The molecule has 1 aliphatic heterocycles. The highest BCUT2D eigenvalue weighted by molar-refractivity contribution is 8.14. The molecule has 1 aromatic rings. The maximum Gasteiger partial charge on any atom is 0.289 e. The Labute approximate surface area is 152 Å². The van der Waals surface area contributed by atoms with Crippen LogP contribution in [0.1, 0.15) is 29.3 Å². The Morgan fingerprint density at radius 3 is 2.71 bits per heavy atom. The molecule has 0 aromatic heterocycles. The molecule has 0 spiro atoms. The summed E-state index contributed by atoms with van der Waals surface area (Å²) in [4.78, 5) is 36.6. The second-order valence-corrected chi connectivity index (χ2v) is 6.17. The highest BCUT2D eigenvalue weighted by Crippen LogP contribution is 2.21. The van der Waals surface area contributed by atoms with Gasteiger partial charge in [-0.05, 0) is 30.7 Å². The van der Waals surface area contributed by atoms with E-state index >= 15 is 0 Å². The maximum absolute atomic E-state index is 12.1. The summed E-state index contributed by atoms with van der Waals surface area (Å²) in [6.45, 7) is 4.52. The van der Waals surface area contributed by atoms with Crippen LogP contribution in [-0.2, 0) is 11.3 Å². The third-order valence-corrected chi connectivity index (χ3v) is 4.24. The number of benzene rings is 1. The first kappa shape index (κ1) is 20.5. The molecule has 132 valence electrons. The molecular weight excluding hydrogens is 350 g/mol. The molecule has 1 aliphatic rings. The van der Waals surface area contributed by atoms with Gasteiger partial charge in [0.1, 0.15) is 0 Å². The van der Waals surface area contributed by atoms with Gasteiger partial charge in [0.25, 0.3) is 11.1 Å². The Kier molecular flexibility index (Phi) is 8.81. The third-order valence-electron chi connectivity index (χ3n) is 3.38. The minimum atomic E-state index is -0.230. The van der Waals surface area contributed by atoms with Crippen molar-refractivity contribution in [2.75, 3.05) is 25.4 Å². The number of hydrogen-bond donors (Lipinski definition) is 2. The second kappa shape index (κ2) is 10.3. The molecule has 1 saturated heterocycles. The molecule has 0 bridgehead atoms. The Hall–Kier alpha value is -1.57. The molecule has 0 saturated carbocycles. The van der Waals surface area contributed by atoms with Gasteiger partial charge in [0.15, 0.2) is 0 Å². The largest absolute Gasteiger partial charge is 0.351 e. The van der Waals surface area contributed by atoms with E-state index in [1.807, 2.05) is 6.07 Å². The van der Waals surface area contributed by atoms with Gasteiger partial charge in [-0.25, -0.2) is 0 Å². The minimum Gasteiger partial charge on any atom is -0.351 e. The lowest BCUT2D eigenvalue weighted by molar-refractivity contribution is -0.125. The normalized spacial score (nSPS) is 13.8. The lowest BCUT2D eigenvalue weighted by Crippen LogP contribution is -2.32. The molecule has 8 heteroatoms. The van der Waals surface area contributed by atoms with Crippen LogP contribution in [-0.4, -0.2) is 47.3 Å². The summed E-state index contributed by atoms with van der Waals surface area (Å²) >= 11 is 1.01. The second-order valence-electron chi connectivity index (χ2n) is 5.24. The number of nitrogens with zero attached hydrogens (tertiary/aromatic N) is 1. The fourth-order valence-electron chi connectivity index (χ4n) is 2.20. The van der Waals surface area contributed by atoms with Gasteiger partial charge in [0.2, 0.25) is 5.91 Å². The van der Waals surface area contributed by atoms with Crippen LogP contribution in [0.3, 0.4) is 0 Å². The van der Waals surface area contributed by atoms with Gasteiger partial charge in [-0.15, -0.1) is 12.4 Å². The zero-order chi connectivity index (χ0) is 16.7. The van der Waals surface area contributed by atoms with E-state index in [-0.39, 0.29) is 41.8 Å². The van der Waals surface area contributed by atoms with Crippen LogP contribution in [0.5, 0.6) is 0 Å². The van der Waals surface area contributed by atoms with E-state index in [2.05, 4.69) is 17.6 Å². The number of halogens is 1. The average Bonchev–Trinajstić information content (AvgIpc) is 2.87. The van der Waals surface area contributed by atoms with E-state index in [0.717, 1.165) is 36.8 Å². The molecule has 6 nitrogen and oxygen atoms in total. The number of amides is 3. The first-order chi connectivity index (χ1) is 11.1. The van der Waals surface area contributed by atoms with Crippen molar-refractivity contribution in [1.29, 1.82) is 0 Å². The Morgan fingerprint density at radius 2 is 2.04 bits per heavy atom. The summed E-state index contributed by atoms with van der Waals surface area (Å²) in [7, 11) is 0. The summed E-state index contributed by atoms with van der Waals surface area (Å²) in [6.07, 6.45) is 1.06. The number of rotatable bonds is 8. The maximum atomic E-state index is 12.1. The van der Waals surface area contributed by atoms with Gasteiger partial charge in [0.05, 0.1) is 12.3 Å². The van der Waals surface area contributed by atoms with Crippen molar-refractivity contribution < 1.29 is 14.4 Å². The summed E-state index contributed by atoms with van der Waals surface area (Å²) in [5.74, 6) is -0.139. The Bertz CT molecular complexity index is 582. The molecule has 0 atom stereocenters. The van der Waals surface area contributed by atoms with Crippen molar-refractivity contribution in [2.24, 2.45) is 0 Å². The molecule has 0 aliphatic carbocycles. The summed E-state index contributed by atoms with van der Waals surface area (Å²) in [6, 6.07) is 7.01. The highest BCUT2D eigenvalue weighted by Gasteiger charge is 2.29. The Morgan fingerprint density at radius 1 is 1.25 bits per heavy atom. The summed E-state index contributed by atoms with van der Waals surface area (Å²) < 4.78 is 0. The predicted molar refractivity (Wildman–Crippen MR) is 97.6 cm³/mol. The highest BCUT2D eigenvalue weighted by atomic mass is 35.5. The standard InChI is InChI=1S/C16H21N3O3S.ClH/c1-2-6-17-7-8-18-15(21)13-5-3-4-12(9-13)10-19-14(20)11-23-16(19)22;/h3-5,9,17H,2,6-8,10-11H2,1H3,(H,18,21);1H. The van der Waals surface area contributed by atoms with E-state index in [9.17, 15) is 14.4 Å². The molecule has 0 unspecified atom stereocenters. The molecule has 1 heterocycles. The zero-order valence-electron chi connectivity index (χ0n) is 13.5. The minimum absolute atomic E-state index is 0. The number of hydrogen-bond acceptors (Lipinski definition) is 5. The molecular formula is C16H22ClN3O3S. The molecule has 1 fully saturated rings. The number of thioether (sulfide) groups is 1. The fourth-order valence-corrected chi connectivity index (χ4v) is 2.92. The van der Waals surface area contributed by atoms with Crippen molar-refractivity contribution >= 4 is 41.2 Å². The molecule has 3 amide bonds. The van der Waals surface area contributed by atoms with Crippen molar-refractivity contribution in [1.82, 2.24) is 15.5 Å². The van der Waals surface area contributed by atoms with E-state index in [0.29, 0.717) is 12.1 Å². The molecule has 2 N–H and O–H groups in total. The van der Waals surface area contributed by atoms with Gasteiger partial charge in [-0.2, -0.15) is 0 Å². The van der Waals surface area contributed by atoms with E-state index in [1.54, 1.807) is 18.2 Å². The van der Waals surface area contributed by atoms with Gasteiger partial charge in [-0.1, -0.05) is 30.8 Å². The van der Waals surface area contributed by atoms with E-state index in [4.69, 9.17) is 0 Å². The molecule has 1 aromatic carbocycles. The van der Waals surface area contributed by atoms with Gasteiger partial charge in [-0.3, -0.25) is 19.3 Å². The van der Waals surface area contributed by atoms with Crippen LogP contribution in [0, 0.1) is 0 Å². The van der Waals surface area contributed by atoms with Crippen molar-refractivity contribution in [3.63, 3.8) is 0 Å². The molecule has 24 heavy (non-hydrogen) atoms. The lowest BCUT2D eigenvalue weighted by Gasteiger charge is -2.13. The predicted octanol–water partition coefficient (Wildman–Crippen LogP) is 2.03. The first-order valence-corrected chi connectivity index (χ1v) is 8.65. The van der Waals surface area contributed by atoms with Crippen LogP contribution in [0.4, 0.5) is 4.79 Å². The van der Waals surface area contributed by atoms with Crippen LogP contribution < -0.4 is 10.6 Å². The first-order valence-electron chi connectivity index (χ1n) is 7.66. The quantitative estimate of drug-likeness (QED) is 0.684. The lowest BCUT2D eigenvalue weighted by atomic mass is 10.1. The third kappa shape index (κ3) is 5.81. The van der Waals surface area contributed by atoms with Gasteiger partial charge >= 0.3 is 0 Å². The number of imide groups is 1. The number of nitrogens with one attached hydrogen (secondary N) is 2. The van der Waals surface area contributed by atoms with Crippen molar-refractivity contribution in [2.45, 2.75) is 19.9 Å². The van der Waals surface area contributed by atoms with Crippen molar-refractivity contribution in [3.05, 3.63) is 35.4 Å². The zero-order valence-corrected chi connectivity index (χ0v) is 15.2. The molecule has 0 radical (unpaired) electrons.